The van der Waals surface area contributed by atoms with Gasteiger partial charge in [0.15, 0.2) is 5.82 Å². The quantitative estimate of drug-likeness (QED) is 0.764. The number of nitrogens with zero attached hydrogens (tertiary/aromatic N) is 4. The number of aliphatic hydroxyl groups is 1. The van der Waals surface area contributed by atoms with Gasteiger partial charge < -0.3 is 24.2 Å². The van der Waals surface area contributed by atoms with E-state index in [0.717, 1.165) is 5.56 Å². The highest BCUT2D eigenvalue weighted by atomic mass is 19.4. The summed E-state index contributed by atoms with van der Waals surface area (Å²) in [4.78, 5) is 21.0. The molecule has 174 valence electrons. The van der Waals surface area contributed by atoms with E-state index in [2.05, 4.69) is 14.9 Å². The molecule has 2 fully saturated rings. The second-order valence-electron chi connectivity index (χ2n) is 8.33. The summed E-state index contributed by atoms with van der Waals surface area (Å²) in [5.74, 6) is 0.330. The summed E-state index contributed by atoms with van der Waals surface area (Å²) in [6.45, 7) is 3.50. The Bertz CT molecular complexity index is 926. The number of urea groups is 1. The van der Waals surface area contributed by atoms with Crippen LogP contribution < -0.4 is 4.74 Å². The van der Waals surface area contributed by atoms with Crippen molar-refractivity contribution < 1.29 is 32.3 Å². The molecule has 1 N–H and O–H groups in total. The van der Waals surface area contributed by atoms with E-state index in [-0.39, 0.29) is 29.7 Å². The maximum atomic E-state index is 13.2. The summed E-state index contributed by atoms with van der Waals surface area (Å²) in [5.41, 5.74) is 0.798. The van der Waals surface area contributed by atoms with Crippen LogP contribution in [0.1, 0.15) is 48.4 Å². The summed E-state index contributed by atoms with van der Waals surface area (Å²) in [6.07, 6.45) is -3.45. The molecule has 2 aromatic rings. The van der Waals surface area contributed by atoms with Crippen molar-refractivity contribution in [2.45, 2.75) is 50.5 Å². The van der Waals surface area contributed by atoms with Gasteiger partial charge >= 0.3 is 12.4 Å². The van der Waals surface area contributed by atoms with Crippen molar-refractivity contribution in [1.82, 2.24) is 19.9 Å². The standard InChI is InChI=1S/C21H25F3N4O4/c1-13-25-19(32-26-13)16-10-15(14-2-4-18(5-3-14)31-21(22,23)24)11-28(12-16)20(30)27-8-6-17(29)7-9-27/h2-5,15-17,29H,6-12H2,1H3. The number of alkyl halides is 3. The van der Waals surface area contributed by atoms with Gasteiger partial charge in [-0.05, 0) is 43.9 Å². The van der Waals surface area contributed by atoms with Crippen LogP contribution in [0.15, 0.2) is 28.8 Å². The molecule has 1 aromatic carbocycles. The summed E-state index contributed by atoms with van der Waals surface area (Å²) in [6, 6.07) is 5.61. The van der Waals surface area contributed by atoms with Gasteiger partial charge in [0.25, 0.3) is 0 Å². The molecule has 2 unspecified atom stereocenters. The second-order valence-corrected chi connectivity index (χ2v) is 8.33. The van der Waals surface area contributed by atoms with E-state index < -0.39 is 6.36 Å². The number of aromatic nitrogens is 2. The van der Waals surface area contributed by atoms with Gasteiger partial charge in [0.1, 0.15) is 5.75 Å². The average molecular weight is 454 g/mol. The fourth-order valence-electron chi connectivity index (χ4n) is 4.35. The molecule has 0 spiro atoms. The minimum Gasteiger partial charge on any atom is -0.406 e. The number of ether oxygens (including phenoxy) is 1. The first-order chi connectivity index (χ1) is 15.2. The van der Waals surface area contributed by atoms with Crippen LogP contribution in [0.5, 0.6) is 5.75 Å². The summed E-state index contributed by atoms with van der Waals surface area (Å²) >= 11 is 0. The molecule has 2 aliphatic rings. The number of hydrogen-bond donors (Lipinski definition) is 1. The van der Waals surface area contributed by atoms with Crippen LogP contribution in [0.3, 0.4) is 0 Å². The van der Waals surface area contributed by atoms with Crippen LogP contribution in [-0.2, 0) is 0 Å². The molecular formula is C21H25F3N4O4. The van der Waals surface area contributed by atoms with Crippen molar-refractivity contribution in [3.05, 3.63) is 41.5 Å². The molecule has 32 heavy (non-hydrogen) atoms. The molecule has 4 rings (SSSR count). The van der Waals surface area contributed by atoms with Crippen molar-refractivity contribution in [2.24, 2.45) is 0 Å². The minimum atomic E-state index is -4.75. The molecule has 0 saturated carbocycles. The smallest absolute Gasteiger partial charge is 0.406 e. The predicted molar refractivity (Wildman–Crippen MR) is 106 cm³/mol. The summed E-state index contributed by atoms with van der Waals surface area (Å²) in [7, 11) is 0. The molecule has 3 heterocycles. The Kier molecular flexibility index (Phi) is 6.27. The molecule has 2 amide bonds. The monoisotopic (exact) mass is 454 g/mol. The Labute approximate surface area is 182 Å². The Balaban J connectivity index is 1.54. The zero-order chi connectivity index (χ0) is 22.9. The first-order valence-electron chi connectivity index (χ1n) is 10.6. The Morgan fingerprint density at radius 1 is 1.12 bits per heavy atom. The van der Waals surface area contributed by atoms with Crippen LogP contribution in [0.2, 0.25) is 0 Å². The fourth-order valence-corrected chi connectivity index (χ4v) is 4.35. The maximum absolute atomic E-state index is 13.2. The molecule has 0 aliphatic carbocycles. The number of benzene rings is 1. The molecule has 0 bridgehead atoms. The number of amides is 2. The zero-order valence-electron chi connectivity index (χ0n) is 17.6. The van der Waals surface area contributed by atoms with E-state index in [1.165, 1.54) is 12.1 Å². The lowest BCUT2D eigenvalue weighted by atomic mass is 9.84. The lowest BCUT2D eigenvalue weighted by Gasteiger charge is -2.40. The number of rotatable bonds is 3. The van der Waals surface area contributed by atoms with Crippen LogP contribution in [0.4, 0.5) is 18.0 Å². The Morgan fingerprint density at radius 3 is 2.38 bits per heavy atom. The van der Waals surface area contributed by atoms with Gasteiger partial charge in [0, 0.05) is 32.1 Å². The third kappa shape index (κ3) is 5.32. The molecular weight excluding hydrogens is 429 g/mol. The Morgan fingerprint density at radius 2 is 1.78 bits per heavy atom. The van der Waals surface area contributed by atoms with E-state index >= 15 is 0 Å². The van der Waals surface area contributed by atoms with Crippen molar-refractivity contribution in [2.75, 3.05) is 26.2 Å². The topological polar surface area (TPSA) is 91.9 Å². The molecule has 0 radical (unpaired) electrons. The van der Waals surface area contributed by atoms with Crippen molar-refractivity contribution in [3.8, 4) is 5.75 Å². The Hall–Kier alpha value is -2.82. The average Bonchev–Trinajstić information content (AvgIpc) is 3.19. The molecule has 1 aromatic heterocycles. The largest absolute Gasteiger partial charge is 0.573 e. The number of likely N-dealkylation sites (tertiary alicyclic amines) is 2. The SMILES string of the molecule is Cc1noc(C2CC(c3ccc(OC(F)(F)F)cc3)CN(C(=O)N3CCC(O)CC3)C2)n1. The van der Waals surface area contributed by atoms with Gasteiger partial charge in [0.2, 0.25) is 5.89 Å². The van der Waals surface area contributed by atoms with Gasteiger partial charge in [-0.2, -0.15) is 4.98 Å². The number of halogens is 3. The lowest BCUT2D eigenvalue weighted by molar-refractivity contribution is -0.274. The van der Waals surface area contributed by atoms with E-state index in [0.29, 0.717) is 57.2 Å². The third-order valence-corrected chi connectivity index (χ3v) is 5.93. The van der Waals surface area contributed by atoms with Gasteiger partial charge in [-0.3, -0.25) is 0 Å². The highest BCUT2D eigenvalue weighted by Gasteiger charge is 2.37. The van der Waals surface area contributed by atoms with Gasteiger partial charge in [-0.15, -0.1) is 13.2 Å². The molecule has 2 saturated heterocycles. The normalized spacial score (nSPS) is 22.8. The number of piperidine rings is 2. The zero-order valence-corrected chi connectivity index (χ0v) is 17.6. The maximum Gasteiger partial charge on any atom is 0.573 e. The van der Waals surface area contributed by atoms with Crippen molar-refractivity contribution >= 4 is 6.03 Å². The predicted octanol–water partition coefficient (Wildman–Crippen LogP) is 3.43. The first-order valence-corrected chi connectivity index (χ1v) is 10.6. The minimum absolute atomic E-state index is 0.125. The van der Waals surface area contributed by atoms with Gasteiger partial charge in [-0.1, -0.05) is 17.3 Å². The number of carbonyl (C=O) groups is 1. The van der Waals surface area contributed by atoms with E-state index in [4.69, 9.17) is 4.52 Å². The van der Waals surface area contributed by atoms with Crippen LogP contribution in [0, 0.1) is 6.92 Å². The lowest BCUT2D eigenvalue weighted by Crippen LogP contribution is -2.51. The van der Waals surface area contributed by atoms with Crippen LogP contribution >= 0.6 is 0 Å². The number of hydrogen-bond acceptors (Lipinski definition) is 6. The number of carbonyl (C=O) groups excluding carboxylic acids is 1. The number of aliphatic hydroxyl groups excluding tert-OH is 1. The second kappa shape index (κ2) is 8.97. The van der Waals surface area contributed by atoms with E-state index in [9.17, 15) is 23.1 Å². The van der Waals surface area contributed by atoms with E-state index in [1.54, 1.807) is 28.9 Å². The molecule has 11 heteroatoms. The molecule has 2 aliphatic heterocycles. The molecule has 2 atom stereocenters. The van der Waals surface area contributed by atoms with Crippen LogP contribution in [0.25, 0.3) is 0 Å². The fraction of sp³-hybridized carbons (Fsp3) is 0.571. The van der Waals surface area contributed by atoms with Crippen molar-refractivity contribution in [3.63, 3.8) is 0 Å². The van der Waals surface area contributed by atoms with Gasteiger partial charge in [-0.25, -0.2) is 4.79 Å². The third-order valence-electron chi connectivity index (χ3n) is 5.93. The highest BCUT2D eigenvalue weighted by molar-refractivity contribution is 5.75. The summed E-state index contributed by atoms with van der Waals surface area (Å²) in [5, 5.41) is 13.6. The summed E-state index contributed by atoms with van der Waals surface area (Å²) < 4.78 is 46.7. The van der Waals surface area contributed by atoms with Gasteiger partial charge in [0.05, 0.1) is 12.0 Å². The highest BCUT2D eigenvalue weighted by Crippen LogP contribution is 2.37. The molecule has 8 nitrogen and oxygen atoms in total. The van der Waals surface area contributed by atoms with Crippen molar-refractivity contribution in [1.29, 1.82) is 0 Å². The van der Waals surface area contributed by atoms with E-state index in [1.807, 2.05) is 0 Å². The number of aryl methyl sites for hydroxylation is 1. The first kappa shape index (κ1) is 22.4. The van der Waals surface area contributed by atoms with Crippen LogP contribution in [-0.4, -0.2) is 69.7 Å².